The predicted molar refractivity (Wildman–Crippen MR) is 151 cm³/mol. The van der Waals surface area contributed by atoms with Crippen LogP contribution in [0, 0.1) is 5.41 Å². The van der Waals surface area contributed by atoms with Crippen molar-refractivity contribution in [3.05, 3.63) is 65.1 Å². The normalized spacial score (nSPS) is 24.2. The molecule has 3 aliphatic rings. The second kappa shape index (κ2) is 10.0. The van der Waals surface area contributed by atoms with E-state index in [1.54, 1.807) is 4.57 Å². The topological polar surface area (TPSA) is 67.2 Å². The van der Waals surface area contributed by atoms with Crippen LogP contribution in [0.2, 0.25) is 0 Å². The van der Waals surface area contributed by atoms with E-state index >= 15 is 0 Å². The number of hydrogen-bond acceptors (Lipinski definition) is 6. The van der Waals surface area contributed by atoms with Gasteiger partial charge in [-0.25, -0.2) is 0 Å². The number of aromatic nitrogens is 1. The van der Waals surface area contributed by atoms with Crippen molar-refractivity contribution < 1.29 is 14.6 Å². The molecule has 0 aliphatic carbocycles. The van der Waals surface area contributed by atoms with E-state index in [0.29, 0.717) is 17.4 Å². The second-order valence-corrected chi connectivity index (χ2v) is 12.1. The quantitative estimate of drug-likeness (QED) is 0.506. The standard InChI is InChI=1S/C31H39N3O4/c1-30(2,36)20-32-15-12-31(21-32)13-16-33(22-31)24-5-7-25(8-6-24)34-14-11-23-18-26(9-10-28(23)29(34)35)38-19-27-4-3-17-37-27/h5-11,14,18,27,36H,3-4,12-13,15-17,19-22H2,1-2H3/t27-,31-/m0/s1. The van der Waals surface area contributed by atoms with Crippen molar-refractivity contribution in [2.24, 2.45) is 5.41 Å². The first-order valence-electron chi connectivity index (χ1n) is 14.0. The van der Waals surface area contributed by atoms with Crippen LogP contribution in [0.3, 0.4) is 0 Å². The van der Waals surface area contributed by atoms with E-state index in [1.807, 2.05) is 56.4 Å². The molecule has 0 saturated carbocycles. The molecule has 7 nitrogen and oxygen atoms in total. The van der Waals surface area contributed by atoms with Gasteiger partial charge in [-0.3, -0.25) is 14.3 Å². The largest absolute Gasteiger partial charge is 0.491 e. The molecular formula is C31H39N3O4. The summed E-state index contributed by atoms with van der Waals surface area (Å²) in [6.07, 6.45) is 6.51. The molecule has 3 fully saturated rings. The number of aliphatic hydroxyl groups is 1. The van der Waals surface area contributed by atoms with E-state index in [-0.39, 0.29) is 11.7 Å². The van der Waals surface area contributed by atoms with Crippen molar-refractivity contribution >= 4 is 16.5 Å². The van der Waals surface area contributed by atoms with Crippen LogP contribution in [0.5, 0.6) is 5.75 Å². The molecule has 2 atom stereocenters. The molecule has 6 rings (SSSR count). The lowest BCUT2D eigenvalue weighted by Gasteiger charge is -2.28. The Morgan fingerprint density at radius 3 is 2.61 bits per heavy atom. The van der Waals surface area contributed by atoms with Gasteiger partial charge in [0.2, 0.25) is 0 Å². The molecule has 0 radical (unpaired) electrons. The number of β-amino-alcohol motifs (C(OH)–C–C–N with tert-alkyl or cyclic N) is 1. The summed E-state index contributed by atoms with van der Waals surface area (Å²) in [5.74, 6) is 0.767. The third kappa shape index (κ3) is 5.33. The van der Waals surface area contributed by atoms with Gasteiger partial charge in [0, 0.05) is 61.2 Å². The number of anilines is 1. The number of pyridine rings is 1. The number of likely N-dealkylation sites (tertiary alicyclic amines) is 1. The molecule has 7 heteroatoms. The van der Waals surface area contributed by atoms with Gasteiger partial charge in [-0.1, -0.05) is 0 Å². The summed E-state index contributed by atoms with van der Waals surface area (Å²) >= 11 is 0. The Hall–Kier alpha value is -2.87. The van der Waals surface area contributed by atoms with Gasteiger partial charge in [0.1, 0.15) is 12.4 Å². The molecule has 1 spiro atoms. The fraction of sp³-hybridized carbons (Fsp3) is 0.516. The summed E-state index contributed by atoms with van der Waals surface area (Å²) in [4.78, 5) is 18.2. The van der Waals surface area contributed by atoms with Gasteiger partial charge in [0.15, 0.2) is 0 Å². The van der Waals surface area contributed by atoms with Gasteiger partial charge in [0.25, 0.3) is 5.56 Å². The van der Waals surface area contributed by atoms with Gasteiger partial charge >= 0.3 is 0 Å². The third-order valence-corrected chi connectivity index (χ3v) is 8.39. The number of rotatable bonds is 7. The van der Waals surface area contributed by atoms with E-state index in [0.717, 1.165) is 69.0 Å². The van der Waals surface area contributed by atoms with Crippen LogP contribution >= 0.6 is 0 Å². The minimum Gasteiger partial charge on any atom is -0.491 e. The van der Waals surface area contributed by atoms with Gasteiger partial charge in [0.05, 0.1) is 11.7 Å². The average Bonchev–Trinajstić information content (AvgIpc) is 3.65. The highest BCUT2D eigenvalue weighted by Crippen LogP contribution is 2.41. The van der Waals surface area contributed by atoms with Crippen LogP contribution in [0.25, 0.3) is 16.5 Å². The van der Waals surface area contributed by atoms with Crippen molar-refractivity contribution in [3.8, 4) is 11.4 Å². The van der Waals surface area contributed by atoms with Crippen molar-refractivity contribution in [1.29, 1.82) is 0 Å². The Balaban J connectivity index is 1.13. The average molecular weight is 518 g/mol. The van der Waals surface area contributed by atoms with E-state index in [4.69, 9.17) is 9.47 Å². The second-order valence-electron chi connectivity index (χ2n) is 12.1. The van der Waals surface area contributed by atoms with E-state index in [9.17, 15) is 9.90 Å². The Morgan fingerprint density at radius 2 is 1.84 bits per heavy atom. The Kier molecular flexibility index (Phi) is 6.70. The Morgan fingerprint density at radius 1 is 1.05 bits per heavy atom. The minimum atomic E-state index is -0.652. The smallest absolute Gasteiger partial charge is 0.262 e. The summed E-state index contributed by atoms with van der Waals surface area (Å²) in [5.41, 5.74) is 1.70. The summed E-state index contributed by atoms with van der Waals surface area (Å²) < 4.78 is 13.3. The minimum absolute atomic E-state index is 0.0288. The van der Waals surface area contributed by atoms with Gasteiger partial charge < -0.3 is 19.5 Å². The van der Waals surface area contributed by atoms with E-state index < -0.39 is 5.60 Å². The molecule has 1 aromatic heterocycles. The highest BCUT2D eigenvalue weighted by Gasteiger charge is 2.44. The van der Waals surface area contributed by atoms with Crippen LogP contribution in [-0.2, 0) is 4.74 Å². The molecule has 4 heterocycles. The van der Waals surface area contributed by atoms with Crippen molar-refractivity contribution in [1.82, 2.24) is 9.47 Å². The van der Waals surface area contributed by atoms with E-state index in [2.05, 4.69) is 21.9 Å². The molecule has 3 aromatic rings. The summed E-state index contributed by atoms with van der Waals surface area (Å²) in [5, 5.41) is 11.8. The zero-order valence-electron chi connectivity index (χ0n) is 22.6. The number of benzene rings is 2. The van der Waals surface area contributed by atoms with Crippen molar-refractivity contribution in [2.45, 2.75) is 51.2 Å². The maximum absolute atomic E-state index is 13.3. The summed E-state index contributed by atoms with van der Waals surface area (Å²) in [6.45, 7) is 10.1. The van der Waals surface area contributed by atoms with Gasteiger partial charge in [-0.05, 0) is 100.0 Å². The lowest BCUT2D eigenvalue weighted by Crippen LogP contribution is -2.39. The molecule has 1 N–H and O–H groups in total. The molecule has 0 unspecified atom stereocenters. The molecule has 202 valence electrons. The molecule has 2 aromatic carbocycles. The highest BCUT2D eigenvalue weighted by atomic mass is 16.5. The number of hydrogen-bond donors (Lipinski definition) is 1. The fourth-order valence-electron chi connectivity index (χ4n) is 6.51. The molecule has 38 heavy (non-hydrogen) atoms. The molecule has 3 aliphatic heterocycles. The molecule has 0 amide bonds. The maximum Gasteiger partial charge on any atom is 0.262 e. The summed E-state index contributed by atoms with van der Waals surface area (Å²) in [7, 11) is 0. The van der Waals surface area contributed by atoms with Crippen LogP contribution < -0.4 is 15.2 Å². The van der Waals surface area contributed by atoms with E-state index in [1.165, 1.54) is 18.5 Å². The zero-order valence-corrected chi connectivity index (χ0v) is 22.6. The summed E-state index contributed by atoms with van der Waals surface area (Å²) in [6, 6.07) is 16.0. The van der Waals surface area contributed by atoms with Crippen LogP contribution in [0.4, 0.5) is 5.69 Å². The Labute approximate surface area is 224 Å². The first kappa shape index (κ1) is 25.4. The first-order valence-corrected chi connectivity index (χ1v) is 14.0. The van der Waals surface area contributed by atoms with Crippen molar-refractivity contribution in [3.63, 3.8) is 0 Å². The third-order valence-electron chi connectivity index (χ3n) is 8.39. The SMILES string of the molecule is CC(C)(O)CN1CC[C@]2(CCN(c3ccc(-n4ccc5cc(OC[C@@H]6CCCO6)ccc5c4=O)cc3)C2)C1. The van der Waals surface area contributed by atoms with Gasteiger partial charge in [-0.15, -0.1) is 0 Å². The predicted octanol–water partition coefficient (Wildman–Crippen LogP) is 4.22. The molecular weight excluding hydrogens is 478 g/mol. The Bertz CT molecular complexity index is 1340. The molecule has 0 bridgehead atoms. The van der Waals surface area contributed by atoms with Crippen LogP contribution in [0.1, 0.15) is 39.5 Å². The number of ether oxygens (including phenoxy) is 2. The van der Waals surface area contributed by atoms with Crippen molar-refractivity contribution in [2.75, 3.05) is 50.8 Å². The number of nitrogens with zero attached hydrogens (tertiary/aromatic N) is 3. The lowest BCUT2D eigenvalue weighted by atomic mass is 9.86. The van der Waals surface area contributed by atoms with Crippen LogP contribution in [0.15, 0.2) is 59.5 Å². The van der Waals surface area contributed by atoms with Gasteiger partial charge in [-0.2, -0.15) is 0 Å². The maximum atomic E-state index is 13.3. The first-order chi connectivity index (χ1) is 18.3. The van der Waals surface area contributed by atoms with Crippen LogP contribution in [-0.4, -0.2) is 72.2 Å². The lowest BCUT2D eigenvalue weighted by molar-refractivity contribution is 0.0408. The monoisotopic (exact) mass is 517 g/mol. The number of fused-ring (bicyclic) bond motifs is 1. The highest BCUT2D eigenvalue weighted by molar-refractivity contribution is 5.83. The fourth-order valence-corrected chi connectivity index (χ4v) is 6.51. The zero-order chi connectivity index (χ0) is 26.3. The molecule has 3 saturated heterocycles.